The second-order valence-corrected chi connectivity index (χ2v) is 7.81. The van der Waals surface area contributed by atoms with Gasteiger partial charge in [-0.05, 0) is 54.2 Å². The average Bonchev–Trinajstić information content (AvgIpc) is 2.78. The zero-order chi connectivity index (χ0) is 23.1. The van der Waals surface area contributed by atoms with Crippen LogP contribution in [0.1, 0.15) is 30.9 Å². The molecule has 5 nitrogen and oxygen atoms in total. The Morgan fingerprint density at radius 3 is 1.66 bits per heavy atom. The molecule has 1 aliphatic carbocycles. The smallest absolute Gasteiger partial charge is 0.185 e. The van der Waals surface area contributed by atoms with Crippen LogP contribution in [0.25, 0.3) is 12.2 Å². The first-order valence-electron chi connectivity index (χ1n) is 10.4. The molecule has 0 radical (unpaired) electrons. The van der Waals surface area contributed by atoms with Gasteiger partial charge in [0.25, 0.3) is 0 Å². The summed E-state index contributed by atoms with van der Waals surface area (Å²) < 4.78 is 10.3. The fourth-order valence-corrected chi connectivity index (χ4v) is 3.65. The lowest BCUT2D eigenvalue weighted by atomic mass is 9.81. The molecule has 0 spiro atoms. The number of rotatable bonds is 6. The third-order valence-corrected chi connectivity index (χ3v) is 5.30. The molecule has 3 rings (SSSR count). The number of carbonyl (C=O) groups excluding carboxylic acids is 1. The highest BCUT2D eigenvalue weighted by Crippen LogP contribution is 2.31. The minimum Gasteiger partial charge on any atom is -0.504 e. The molecule has 2 aromatic carbocycles. The highest BCUT2D eigenvalue weighted by atomic mass is 16.5. The quantitative estimate of drug-likeness (QED) is 0.573. The van der Waals surface area contributed by atoms with E-state index in [1.165, 1.54) is 14.2 Å². The molecule has 0 bridgehead atoms. The third-order valence-electron chi connectivity index (χ3n) is 5.30. The average molecular weight is 433 g/mol. The van der Waals surface area contributed by atoms with Crippen molar-refractivity contribution in [1.29, 1.82) is 0 Å². The first kappa shape index (κ1) is 22.9. The zero-order valence-electron chi connectivity index (χ0n) is 18.5. The molecule has 1 aliphatic rings. The van der Waals surface area contributed by atoms with E-state index in [0.29, 0.717) is 17.4 Å². The summed E-state index contributed by atoms with van der Waals surface area (Å²) in [5.74, 6) is 1.43. The van der Waals surface area contributed by atoms with Crippen molar-refractivity contribution in [1.82, 2.24) is 0 Å². The Kier molecular flexibility index (Phi) is 7.55. The Morgan fingerprint density at radius 1 is 0.812 bits per heavy atom. The van der Waals surface area contributed by atoms with Crippen molar-refractivity contribution in [3.05, 3.63) is 83.0 Å². The minimum atomic E-state index is 0.0592. The van der Waals surface area contributed by atoms with Gasteiger partial charge in [0.05, 0.1) is 14.2 Å². The maximum Gasteiger partial charge on any atom is 0.185 e. The number of methoxy groups -OCH3 is 2. The molecular weight excluding hydrogens is 404 g/mol. The number of phenols is 2. The highest BCUT2D eigenvalue weighted by molar-refractivity contribution is 6.09. The summed E-state index contributed by atoms with van der Waals surface area (Å²) in [6.45, 7) is 2.14. The van der Waals surface area contributed by atoms with Crippen LogP contribution in [0.2, 0.25) is 0 Å². The summed E-state index contributed by atoms with van der Waals surface area (Å²) in [5, 5.41) is 19.4. The fourth-order valence-electron chi connectivity index (χ4n) is 3.65. The van der Waals surface area contributed by atoms with E-state index in [2.05, 4.69) is 6.92 Å². The number of aromatic hydroxyl groups is 2. The molecule has 0 heterocycles. The lowest BCUT2D eigenvalue weighted by molar-refractivity contribution is -0.113. The van der Waals surface area contributed by atoms with Crippen LogP contribution < -0.4 is 9.47 Å². The molecule has 166 valence electrons. The van der Waals surface area contributed by atoms with Gasteiger partial charge in [-0.15, -0.1) is 0 Å². The lowest BCUT2D eigenvalue weighted by Crippen LogP contribution is -2.18. The number of phenolic OH excluding ortho intramolecular Hbond substituents is 2. The van der Waals surface area contributed by atoms with E-state index in [-0.39, 0.29) is 17.3 Å². The van der Waals surface area contributed by atoms with Gasteiger partial charge in [0, 0.05) is 11.1 Å². The normalized spacial score (nSPS) is 19.3. The maximum atomic E-state index is 12.9. The van der Waals surface area contributed by atoms with Gasteiger partial charge in [0.2, 0.25) is 0 Å². The number of carbonyl (C=O) groups is 1. The van der Waals surface area contributed by atoms with Crippen LogP contribution in [0.4, 0.5) is 0 Å². The number of Topliss-reactive ketones (excluding diaryl/α,β-unsaturated/α-hetero) is 1. The summed E-state index contributed by atoms with van der Waals surface area (Å²) in [6, 6.07) is 10.2. The first-order valence-corrected chi connectivity index (χ1v) is 10.4. The van der Waals surface area contributed by atoms with E-state index in [1.54, 1.807) is 36.4 Å². The monoisotopic (exact) mass is 432 g/mol. The highest BCUT2D eigenvalue weighted by Gasteiger charge is 2.24. The predicted octanol–water partition coefficient (Wildman–Crippen LogP) is 5.69. The van der Waals surface area contributed by atoms with Gasteiger partial charge in [-0.1, -0.05) is 55.5 Å². The maximum absolute atomic E-state index is 12.9. The van der Waals surface area contributed by atoms with E-state index < -0.39 is 0 Å². The summed E-state index contributed by atoms with van der Waals surface area (Å²) >= 11 is 0. The van der Waals surface area contributed by atoms with Gasteiger partial charge in [-0.3, -0.25) is 4.79 Å². The summed E-state index contributed by atoms with van der Waals surface area (Å²) in [6.07, 6.45) is 12.7. The standard InChI is InChI=1S/C27H28O5/c1-18-14-21(8-4-6-19-10-12-23(28)25(16-19)31-2)27(30)22(15-18)9-5-7-20-11-13-24(29)26(17-20)32-3/h4-13,16-18,28-29H,14-15H2,1-3H3/b6-4+,7-5+,21-8+,22-9+. The Labute approximate surface area is 188 Å². The SMILES string of the molecule is COc1cc(/C=C/C=C2\CC(C)C/C(=C\C=C\c3ccc(O)c(OC)c3)C2=O)ccc1O. The molecule has 5 heteroatoms. The van der Waals surface area contributed by atoms with Crippen LogP contribution in [0.5, 0.6) is 23.0 Å². The van der Waals surface area contributed by atoms with Gasteiger partial charge < -0.3 is 19.7 Å². The van der Waals surface area contributed by atoms with Crippen LogP contribution >= 0.6 is 0 Å². The van der Waals surface area contributed by atoms with Crippen molar-refractivity contribution in [2.75, 3.05) is 14.2 Å². The largest absolute Gasteiger partial charge is 0.504 e. The minimum absolute atomic E-state index is 0.0592. The topological polar surface area (TPSA) is 76.0 Å². The van der Waals surface area contributed by atoms with Crippen LogP contribution in [0, 0.1) is 5.92 Å². The Morgan fingerprint density at radius 2 is 1.25 bits per heavy atom. The number of allylic oxidation sites excluding steroid dienone is 6. The second kappa shape index (κ2) is 10.5. The molecule has 0 aromatic heterocycles. The molecule has 2 N–H and O–H groups in total. The number of ketones is 1. The molecule has 2 aromatic rings. The van der Waals surface area contributed by atoms with Gasteiger partial charge in [0.15, 0.2) is 28.8 Å². The van der Waals surface area contributed by atoms with Gasteiger partial charge >= 0.3 is 0 Å². The van der Waals surface area contributed by atoms with E-state index in [0.717, 1.165) is 35.1 Å². The first-order chi connectivity index (χ1) is 15.4. The van der Waals surface area contributed by atoms with Crippen LogP contribution in [-0.4, -0.2) is 30.2 Å². The van der Waals surface area contributed by atoms with E-state index in [4.69, 9.17) is 9.47 Å². The molecule has 32 heavy (non-hydrogen) atoms. The fraction of sp³-hybridized carbons (Fsp3) is 0.222. The molecule has 0 unspecified atom stereocenters. The van der Waals surface area contributed by atoms with Crippen molar-refractivity contribution >= 4 is 17.9 Å². The molecule has 1 saturated carbocycles. The summed E-state index contributed by atoms with van der Waals surface area (Å²) in [5.41, 5.74) is 3.29. The number of ether oxygens (including phenoxy) is 2. The van der Waals surface area contributed by atoms with Gasteiger partial charge in [0.1, 0.15) is 0 Å². The lowest BCUT2D eigenvalue weighted by Gasteiger charge is -2.21. The molecule has 1 fully saturated rings. The van der Waals surface area contributed by atoms with E-state index in [9.17, 15) is 15.0 Å². The number of benzene rings is 2. The number of hydrogen-bond donors (Lipinski definition) is 2. The molecule has 0 saturated heterocycles. The molecule has 0 amide bonds. The molecule has 0 aliphatic heterocycles. The van der Waals surface area contributed by atoms with Crippen molar-refractivity contribution in [3.63, 3.8) is 0 Å². The Hall–Kier alpha value is -3.73. The van der Waals surface area contributed by atoms with Crippen molar-refractivity contribution in [2.45, 2.75) is 19.8 Å². The Bertz CT molecular complexity index is 1020. The third kappa shape index (κ3) is 5.70. The summed E-state index contributed by atoms with van der Waals surface area (Å²) in [7, 11) is 3.01. The van der Waals surface area contributed by atoms with E-state index >= 15 is 0 Å². The number of hydrogen-bond acceptors (Lipinski definition) is 5. The summed E-state index contributed by atoms with van der Waals surface area (Å²) in [4.78, 5) is 12.9. The second-order valence-electron chi connectivity index (χ2n) is 7.81. The molecule has 0 atom stereocenters. The van der Waals surface area contributed by atoms with Crippen molar-refractivity contribution in [2.24, 2.45) is 5.92 Å². The van der Waals surface area contributed by atoms with Crippen LogP contribution in [0.15, 0.2) is 71.8 Å². The van der Waals surface area contributed by atoms with Crippen molar-refractivity contribution in [3.8, 4) is 23.0 Å². The van der Waals surface area contributed by atoms with E-state index in [1.807, 2.05) is 36.5 Å². The van der Waals surface area contributed by atoms with Crippen molar-refractivity contribution < 1.29 is 24.5 Å². The molecular formula is C27H28O5. The van der Waals surface area contributed by atoms with Crippen LogP contribution in [0.3, 0.4) is 0 Å². The van der Waals surface area contributed by atoms with Gasteiger partial charge in [-0.25, -0.2) is 0 Å². The predicted molar refractivity (Wildman–Crippen MR) is 127 cm³/mol. The Balaban J connectivity index is 1.75. The van der Waals surface area contributed by atoms with Gasteiger partial charge in [-0.2, -0.15) is 0 Å². The zero-order valence-corrected chi connectivity index (χ0v) is 18.5. The van der Waals surface area contributed by atoms with Crippen LogP contribution in [-0.2, 0) is 4.79 Å².